The number of rotatable bonds is 7. The van der Waals surface area contributed by atoms with Crippen LogP contribution in [0.5, 0.6) is 0 Å². The molecular formula is C18H24N2O4. The number of nitrogens with zero attached hydrogens (tertiary/aromatic N) is 1. The molecule has 1 atom stereocenters. The predicted molar refractivity (Wildman–Crippen MR) is 90.1 cm³/mol. The summed E-state index contributed by atoms with van der Waals surface area (Å²) in [4.78, 5) is 26.0. The Kier molecular flexibility index (Phi) is 5.84. The van der Waals surface area contributed by atoms with Crippen LogP contribution in [0.3, 0.4) is 0 Å². The summed E-state index contributed by atoms with van der Waals surface area (Å²) in [5, 5.41) is 2.78. The number of furan rings is 2. The van der Waals surface area contributed by atoms with Crippen molar-refractivity contribution in [3.05, 3.63) is 47.3 Å². The van der Waals surface area contributed by atoms with E-state index in [2.05, 4.69) is 5.32 Å². The molecule has 0 saturated carbocycles. The Morgan fingerprint density at radius 3 is 2.12 bits per heavy atom. The van der Waals surface area contributed by atoms with Crippen LogP contribution >= 0.6 is 0 Å². The van der Waals surface area contributed by atoms with Crippen LogP contribution in [0, 0.1) is 0 Å². The molecule has 1 unspecified atom stereocenters. The summed E-state index contributed by atoms with van der Waals surface area (Å²) in [7, 11) is 1.69. The van der Waals surface area contributed by atoms with E-state index in [1.165, 1.54) is 0 Å². The first-order valence-corrected chi connectivity index (χ1v) is 8.19. The van der Waals surface area contributed by atoms with Gasteiger partial charge in [-0.05, 0) is 31.2 Å². The third kappa shape index (κ3) is 4.07. The van der Waals surface area contributed by atoms with Crippen LogP contribution in [0.1, 0.15) is 53.4 Å². The highest BCUT2D eigenvalue weighted by Gasteiger charge is 2.21. The topological polar surface area (TPSA) is 75.7 Å². The summed E-state index contributed by atoms with van der Waals surface area (Å²) in [6.07, 6.45) is 1.48. The Morgan fingerprint density at radius 2 is 1.58 bits per heavy atom. The molecule has 0 radical (unpaired) electrons. The largest absolute Gasteiger partial charge is 0.456 e. The Labute approximate surface area is 141 Å². The molecule has 0 aliphatic carbocycles. The molecule has 0 spiro atoms. The third-order valence-corrected chi connectivity index (χ3v) is 3.99. The van der Waals surface area contributed by atoms with Gasteiger partial charge in [-0.1, -0.05) is 13.8 Å². The zero-order valence-electron chi connectivity index (χ0n) is 14.6. The van der Waals surface area contributed by atoms with Crippen molar-refractivity contribution in [3.8, 4) is 0 Å². The summed E-state index contributed by atoms with van der Waals surface area (Å²) < 4.78 is 10.9. The molecule has 0 saturated heterocycles. The van der Waals surface area contributed by atoms with Crippen molar-refractivity contribution in [1.29, 1.82) is 0 Å². The number of carbonyl (C=O) groups is 2. The normalized spacial score (nSPS) is 12.0. The van der Waals surface area contributed by atoms with Gasteiger partial charge < -0.3 is 19.1 Å². The molecule has 0 aliphatic heterocycles. The average Bonchev–Trinajstić information content (AvgIpc) is 3.26. The molecule has 1 N–H and O–H groups in total. The highest BCUT2D eigenvalue weighted by Crippen LogP contribution is 2.12. The number of hydrogen-bond acceptors (Lipinski definition) is 4. The van der Waals surface area contributed by atoms with Crippen molar-refractivity contribution in [3.63, 3.8) is 0 Å². The fourth-order valence-corrected chi connectivity index (χ4v) is 2.21. The van der Waals surface area contributed by atoms with Gasteiger partial charge in [0.15, 0.2) is 11.5 Å². The van der Waals surface area contributed by atoms with Gasteiger partial charge in [-0.2, -0.15) is 0 Å². The second-order valence-corrected chi connectivity index (χ2v) is 5.71. The molecule has 24 heavy (non-hydrogen) atoms. The fraction of sp³-hybridized carbons (Fsp3) is 0.444. The van der Waals surface area contributed by atoms with Crippen LogP contribution in [0.25, 0.3) is 0 Å². The van der Waals surface area contributed by atoms with Gasteiger partial charge >= 0.3 is 0 Å². The van der Waals surface area contributed by atoms with E-state index in [1.807, 2.05) is 20.8 Å². The quantitative estimate of drug-likeness (QED) is 0.846. The van der Waals surface area contributed by atoms with Gasteiger partial charge in [-0.15, -0.1) is 0 Å². The van der Waals surface area contributed by atoms with Crippen LogP contribution in [0.2, 0.25) is 0 Å². The summed E-state index contributed by atoms with van der Waals surface area (Å²) in [5.74, 6) is 1.65. The summed E-state index contributed by atoms with van der Waals surface area (Å²) in [6, 6.07) is 6.74. The lowest BCUT2D eigenvalue weighted by Crippen LogP contribution is -2.43. The van der Waals surface area contributed by atoms with E-state index in [4.69, 9.17) is 8.83 Å². The van der Waals surface area contributed by atoms with Crippen LogP contribution in [-0.2, 0) is 12.8 Å². The van der Waals surface area contributed by atoms with Crippen LogP contribution in [0.4, 0.5) is 0 Å². The minimum atomic E-state index is -0.284. The molecule has 6 nitrogen and oxygen atoms in total. The van der Waals surface area contributed by atoms with Crippen molar-refractivity contribution in [2.45, 2.75) is 39.7 Å². The molecule has 0 aromatic carbocycles. The second kappa shape index (κ2) is 7.86. The van der Waals surface area contributed by atoms with Crippen LogP contribution in [0.15, 0.2) is 33.1 Å². The average molecular weight is 332 g/mol. The molecule has 2 aromatic rings. The predicted octanol–water partition coefficient (Wildman–Crippen LogP) is 2.89. The van der Waals surface area contributed by atoms with E-state index in [-0.39, 0.29) is 23.6 Å². The number of nitrogens with one attached hydrogen (secondary N) is 1. The first-order valence-electron chi connectivity index (χ1n) is 8.19. The Morgan fingerprint density at radius 1 is 1.04 bits per heavy atom. The highest BCUT2D eigenvalue weighted by atomic mass is 16.4. The van der Waals surface area contributed by atoms with Gasteiger partial charge in [0, 0.05) is 32.5 Å². The first kappa shape index (κ1) is 17.8. The van der Waals surface area contributed by atoms with E-state index in [1.54, 1.807) is 36.2 Å². The van der Waals surface area contributed by atoms with Crippen molar-refractivity contribution < 1.29 is 18.4 Å². The monoisotopic (exact) mass is 332 g/mol. The van der Waals surface area contributed by atoms with Crippen LogP contribution < -0.4 is 5.32 Å². The minimum Gasteiger partial charge on any atom is -0.456 e. The summed E-state index contributed by atoms with van der Waals surface area (Å²) in [6.45, 7) is 6.11. The Hall–Kier alpha value is -2.50. The maximum Gasteiger partial charge on any atom is 0.289 e. The summed E-state index contributed by atoms with van der Waals surface area (Å²) in [5.41, 5.74) is 0. The lowest BCUT2D eigenvalue weighted by molar-refractivity contribution is 0.0697. The molecule has 2 amide bonds. The standard InChI is InChI=1S/C18H24N2O4/c1-5-13-7-9-15(23-13)17(21)19-11-12(3)20(4)18(22)16-10-8-14(6-2)24-16/h7-10,12H,5-6,11H2,1-4H3,(H,19,21). The molecule has 2 rings (SSSR count). The number of carbonyl (C=O) groups excluding carboxylic acids is 2. The number of aryl methyl sites for hydroxylation is 2. The van der Waals surface area contributed by atoms with Crippen molar-refractivity contribution in [2.75, 3.05) is 13.6 Å². The van der Waals surface area contributed by atoms with Crippen molar-refractivity contribution >= 4 is 11.8 Å². The molecule has 0 fully saturated rings. The van der Waals surface area contributed by atoms with Gasteiger partial charge in [0.1, 0.15) is 11.5 Å². The number of amides is 2. The minimum absolute atomic E-state index is 0.183. The number of hydrogen-bond donors (Lipinski definition) is 1. The van der Waals surface area contributed by atoms with Crippen molar-refractivity contribution in [1.82, 2.24) is 10.2 Å². The van der Waals surface area contributed by atoms with E-state index < -0.39 is 0 Å². The van der Waals surface area contributed by atoms with Crippen LogP contribution in [-0.4, -0.2) is 36.3 Å². The molecule has 0 bridgehead atoms. The lowest BCUT2D eigenvalue weighted by atomic mass is 10.2. The Bertz CT molecular complexity index is 701. The zero-order valence-corrected chi connectivity index (χ0v) is 14.6. The van der Waals surface area contributed by atoms with Gasteiger partial charge in [-0.25, -0.2) is 0 Å². The third-order valence-electron chi connectivity index (χ3n) is 3.99. The molecular weight excluding hydrogens is 308 g/mol. The maximum atomic E-state index is 12.4. The summed E-state index contributed by atoms with van der Waals surface area (Å²) >= 11 is 0. The van der Waals surface area contributed by atoms with Gasteiger partial charge in [0.05, 0.1) is 0 Å². The smallest absolute Gasteiger partial charge is 0.289 e. The maximum absolute atomic E-state index is 12.4. The highest BCUT2D eigenvalue weighted by molar-refractivity contribution is 5.92. The van der Waals surface area contributed by atoms with Gasteiger partial charge in [0.25, 0.3) is 11.8 Å². The molecule has 130 valence electrons. The Balaban J connectivity index is 1.89. The van der Waals surface area contributed by atoms with E-state index in [0.717, 1.165) is 24.4 Å². The van der Waals surface area contributed by atoms with Crippen molar-refractivity contribution in [2.24, 2.45) is 0 Å². The second-order valence-electron chi connectivity index (χ2n) is 5.71. The van der Waals surface area contributed by atoms with E-state index in [9.17, 15) is 9.59 Å². The van der Waals surface area contributed by atoms with E-state index >= 15 is 0 Å². The van der Waals surface area contributed by atoms with Gasteiger partial charge in [0.2, 0.25) is 0 Å². The molecule has 2 heterocycles. The number of likely N-dealkylation sites (N-methyl/N-ethyl adjacent to an activating group) is 1. The van der Waals surface area contributed by atoms with Gasteiger partial charge in [-0.3, -0.25) is 9.59 Å². The zero-order chi connectivity index (χ0) is 17.7. The lowest BCUT2D eigenvalue weighted by Gasteiger charge is -2.24. The van der Waals surface area contributed by atoms with E-state index in [0.29, 0.717) is 12.3 Å². The molecule has 2 aromatic heterocycles. The molecule has 6 heteroatoms. The molecule has 0 aliphatic rings. The fourth-order valence-electron chi connectivity index (χ4n) is 2.21. The SMILES string of the molecule is CCc1ccc(C(=O)NCC(C)N(C)C(=O)c2ccc(CC)o2)o1. The first-order chi connectivity index (χ1) is 11.5.